The van der Waals surface area contributed by atoms with Crippen molar-refractivity contribution >= 4 is 23.2 Å². The van der Waals surface area contributed by atoms with Crippen LogP contribution in [0.25, 0.3) is 0 Å². The van der Waals surface area contributed by atoms with Crippen LogP contribution in [0.3, 0.4) is 0 Å². The lowest BCUT2D eigenvalue weighted by Crippen LogP contribution is -2.48. The lowest BCUT2D eigenvalue weighted by Gasteiger charge is -2.35. The Morgan fingerprint density at radius 1 is 1.09 bits per heavy atom. The Morgan fingerprint density at radius 3 is 2.49 bits per heavy atom. The molecule has 1 aromatic heterocycles. The molecule has 35 heavy (non-hydrogen) atoms. The molecule has 186 valence electrons. The van der Waals surface area contributed by atoms with E-state index in [-0.39, 0.29) is 41.1 Å². The van der Waals surface area contributed by atoms with Crippen molar-refractivity contribution in [3.63, 3.8) is 0 Å². The van der Waals surface area contributed by atoms with Gasteiger partial charge in [0.05, 0.1) is 16.7 Å². The summed E-state index contributed by atoms with van der Waals surface area (Å²) in [5.41, 5.74) is 1.18. The summed E-state index contributed by atoms with van der Waals surface area (Å²) in [6.07, 6.45) is 8.50. The quantitative estimate of drug-likeness (QED) is 0.447. The average Bonchev–Trinajstić information content (AvgIpc) is 2.89. The van der Waals surface area contributed by atoms with Gasteiger partial charge < -0.3 is 15.5 Å². The smallest absolute Gasteiger partial charge is 0.293 e. The van der Waals surface area contributed by atoms with Gasteiger partial charge in [-0.05, 0) is 56.9 Å². The highest BCUT2D eigenvalue weighted by molar-refractivity contribution is 5.96. The van der Waals surface area contributed by atoms with Crippen molar-refractivity contribution in [1.29, 1.82) is 0 Å². The Hall–Kier alpha value is -3.49. The molecular weight excluding hydrogens is 446 g/mol. The second-order valence-electron chi connectivity index (χ2n) is 9.52. The number of aromatic nitrogens is 1. The second kappa shape index (κ2) is 11.3. The number of rotatable bonds is 7. The van der Waals surface area contributed by atoms with Gasteiger partial charge in [-0.1, -0.05) is 25.3 Å². The summed E-state index contributed by atoms with van der Waals surface area (Å²) in [5, 5.41) is 17.8. The van der Waals surface area contributed by atoms with Crippen LogP contribution in [0.5, 0.6) is 0 Å². The van der Waals surface area contributed by atoms with Crippen molar-refractivity contribution in [2.24, 2.45) is 5.92 Å². The number of nitrogens with zero attached hydrogens (tertiary/aromatic N) is 3. The minimum atomic E-state index is -0.486. The maximum atomic E-state index is 12.9. The monoisotopic (exact) mass is 479 g/mol. The van der Waals surface area contributed by atoms with Gasteiger partial charge in [0, 0.05) is 42.9 Å². The number of nitro groups is 1. The number of benzene rings is 1. The van der Waals surface area contributed by atoms with E-state index < -0.39 is 4.92 Å². The molecule has 9 heteroatoms. The minimum absolute atomic E-state index is 0.0565. The van der Waals surface area contributed by atoms with E-state index in [4.69, 9.17) is 0 Å². The van der Waals surface area contributed by atoms with E-state index >= 15 is 0 Å². The molecule has 0 radical (unpaired) electrons. The van der Waals surface area contributed by atoms with E-state index in [0.29, 0.717) is 31.6 Å². The predicted octanol–water partition coefficient (Wildman–Crippen LogP) is 4.46. The molecule has 9 nitrogen and oxygen atoms in total. The van der Waals surface area contributed by atoms with Crippen molar-refractivity contribution in [3.8, 4) is 0 Å². The third kappa shape index (κ3) is 6.15. The molecule has 0 bridgehead atoms. The Balaban J connectivity index is 1.35. The number of anilines is 1. The number of nitrogens with one attached hydrogen (secondary N) is 2. The lowest BCUT2D eigenvalue weighted by atomic mass is 9.87. The van der Waals surface area contributed by atoms with Crippen LogP contribution in [-0.4, -0.2) is 45.8 Å². The number of nitro benzene ring substituents is 1. The Kier molecular flexibility index (Phi) is 7.94. The highest BCUT2D eigenvalue weighted by Gasteiger charge is 2.30. The first-order chi connectivity index (χ1) is 16.9. The fourth-order valence-electron chi connectivity index (χ4n) is 5.01. The van der Waals surface area contributed by atoms with Gasteiger partial charge in [-0.15, -0.1) is 0 Å². The van der Waals surface area contributed by atoms with Crippen LogP contribution in [0.1, 0.15) is 74.0 Å². The second-order valence-corrected chi connectivity index (χ2v) is 9.52. The summed E-state index contributed by atoms with van der Waals surface area (Å²) < 4.78 is 0. The number of hydrogen-bond donors (Lipinski definition) is 2. The zero-order chi connectivity index (χ0) is 24.8. The van der Waals surface area contributed by atoms with E-state index in [9.17, 15) is 19.7 Å². The number of carbonyl (C=O) groups is 2. The van der Waals surface area contributed by atoms with Crippen LogP contribution in [0.15, 0.2) is 42.6 Å². The van der Waals surface area contributed by atoms with Crippen LogP contribution in [0.2, 0.25) is 0 Å². The van der Waals surface area contributed by atoms with Crippen LogP contribution in [0.4, 0.5) is 11.4 Å². The maximum Gasteiger partial charge on any atom is 0.293 e. The Bertz CT molecular complexity index is 1050. The predicted molar refractivity (Wildman–Crippen MR) is 133 cm³/mol. The molecule has 1 unspecified atom stereocenters. The summed E-state index contributed by atoms with van der Waals surface area (Å²) in [6, 6.07) is 9.69. The summed E-state index contributed by atoms with van der Waals surface area (Å²) in [6.45, 7) is 3.14. The van der Waals surface area contributed by atoms with Crippen molar-refractivity contribution in [2.75, 3.05) is 18.4 Å². The van der Waals surface area contributed by atoms with Crippen LogP contribution in [0, 0.1) is 16.0 Å². The van der Waals surface area contributed by atoms with Gasteiger partial charge in [-0.2, -0.15) is 0 Å². The Morgan fingerprint density at radius 2 is 1.83 bits per heavy atom. The third-order valence-corrected chi connectivity index (χ3v) is 7.06. The first kappa shape index (κ1) is 24.6. The summed E-state index contributed by atoms with van der Waals surface area (Å²) in [5.74, 6) is 0.0746. The molecule has 1 aromatic carbocycles. The van der Waals surface area contributed by atoms with E-state index in [1.165, 1.54) is 12.5 Å². The van der Waals surface area contributed by atoms with Gasteiger partial charge in [0.2, 0.25) is 5.91 Å². The fraction of sp³-hybridized carbons (Fsp3) is 0.500. The van der Waals surface area contributed by atoms with Gasteiger partial charge >= 0.3 is 0 Å². The number of amides is 2. The molecule has 1 aliphatic heterocycles. The largest absolute Gasteiger partial charge is 0.371 e. The zero-order valence-corrected chi connectivity index (χ0v) is 20.1. The fourth-order valence-corrected chi connectivity index (χ4v) is 5.01. The normalized spacial score (nSPS) is 18.0. The number of pyridine rings is 1. The third-order valence-electron chi connectivity index (χ3n) is 7.06. The van der Waals surface area contributed by atoms with Gasteiger partial charge in [-0.25, -0.2) is 0 Å². The lowest BCUT2D eigenvalue weighted by molar-refractivity contribution is -0.384. The number of carbonyl (C=O) groups excluding carboxylic acids is 2. The van der Waals surface area contributed by atoms with Gasteiger partial charge in [0.15, 0.2) is 0 Å². The number of piperidine rings is 1. The zero-order valence-electron chi connectivity index (χ0n) is 20.1. The van der Waals surface area contributed by atoms with E-state index in [0.717, 1.165) is 31.4 Å². The topological polar surface area (TPSA) is 117 Å². The molecule has 2 heterocycles. The standard InChI is InChI=1S/C26H33N5O4/c1-18(22-9-5-6-14-27-22)28-23-11-10-20(17-24(23)31(34)35)25(32)29-21-12-15-30(16-13-21)26(33)19-7-3-2-4-8-19/h5-6,9-11,14,17-19,21,28H,2-4,7-8,12-13,15-16H2,1H3,(H,29,32). The minimum Gasteiger partial charge on any atom is -0.371 e. The Labute approximate surface area is 205 Å². The molecule has 2 fully saturated rings. The van der Waals surface area contributed by atoms with Crippen LogP contribution < -0.4 is 10.6 Å². The van der Waals surface area contributed by atoms with Crippen LogP contribution >= 0.6 is 0 Å². The van der Waals surface area contributed by atoms with Crippen molar-refractivity contribution < 1.29 is 14.5 Å². The molecule has 1 atom stereocenters. The average molecular weight is 480 g/mol. The van der Waals surface area contributed by atoms with Crippen molar-refractivity contribution in [1.82, 2.24) is 15.2 Å². The van der Waals surface area contributed by atoms with E-state index in [1.54, 1.807) is 18.3 Å². The van der Waals surface area contributed by atoms with Crippen molar-refractivity contribution in [2.45, 2.75) is 64.0 Å². The molecule has 0 spiro atoms. The summed E-state index contributed by atoms with van der Waals surface area (Å²) >= 11 is 0. The molecular formula is C26H33N5O4. The van der Waals surface area contributed by atoms with Gasteiger partial charge in [0.1, 0.15) is 5.69 Å². The SMILES string of the molecule is CC(Nc1ccc(C(=O)NC2CCN(C(=O)C3CCCCC3)CC2)cc1[N+](=O)[O-])c1ccccn1. The van der Waals surface area contributed by atoms with Gasteiger partial charge in [0.25, 0.3) is 11.6 Å². The molecule has 2 amide bonds. The molecule has 2 aliphatic rings. The molecule has 4 rings (SSSR count). The van der Waals surface area contributed by atoms with E-state index in [2.05, 4.69) is 15.6 Å². The van der Waals surface area contributed by atoms with Crippen LogP contribution in [-0.2, 0) is 4.79 Å². The number of hydrogen-bond acceptors (Lipinski definition) is 6. The van der Waals surface area contributed by atoms with Gasteiger partial charge in [-0.3, -0.25) is 24.7 Å². The first-order valence-corrected chi connectivity index (χ1v) is 12.5. The molecule has 1 aliphatic carbocycles. The molecule has 2 aromatic rings. The molecule has 1 saturated heterocycles. The summed E-state index contributed by atoms with van der Waals surface area (Å²) in [7, 11) is 0. The highest BCUT2D eigenvalue weighted by Crippen LogP contribution is 2.29. The number of likely N-dealkylation sites (tertiary alicyclic amines) is 1. The highest BCUT2D eigenvalue weighted by atomic mass is 16.6. The molecule has 1 saturated carbocycles. The van der Waals surface area contributed by atoms with Crippen molar-refractivity contribution in [3.05, 3.63) is 64.0 Å². The first-order valence-electron chi connectivity index (χ1n) is 12.5. The maximum absolute atomic E-state index is 12.9. The molecule has 2 N–H and O–H groups in total. The van der Waals surface area contributed by atoms with E-state index in [1.807, 2.05) is 30.0 Å². The summed E-state index contributed by atoms with van der Waals surface area (Å²) in [4.78, 5) is 43.1.